The van der Waals surface area contributed by atoms with Gasteiger partial charge in [-0.25, -0.2) is 0 Å². The monoisotopic (exact) mass is 272 g/mol. The van der Waals surface area contributed by atoms with E-state index in [4.69, 9.17) is 21.1 Å². The van der Waals surface area contributed by atoms with E-state index in [-0.39, 0.29) is 0 Å². The summed E-state index contributed by atoms with van der Waals surface area (Å²) < 4.78 is 10.4. The van der Waals surface area contributed by atoms with Crippen molar-refractivity contribution in [3.63, 3.8) is 0 Å². The van der Waals surface area contributed by atoms with E-state index in [9.17, 15) is 0 Å². The molecule has 0 saturated heterocycles. The van der Waals surface area contributed by atoms with Gasteiger partial charge in [-0.05, 0) is 38.2 Å². The maximum atomic E-state index is 6.19. The summed E-state index contributed by atoms with van der Waals surface area (Å²) >= 11 is 6.19. The van der Waals surface area contributed by atoms with E-state index in [1.807, 2.05) is 13.1 Å². The molecule has 0 heterocycles. The molecule has 0 amide bonds. The van der Waals surface area contributed by atoms with Gasteiger partial charge in [-0.3, -0.25) is 0 Å². The molecule has 0 unspecified atom stereocenters. The topological polar surface area (TPSA) is 42.5 Å². The minimum atomic E-state index is 0.654. The maximum absolute atomic E-state index is 6.19. The minimum absolute atomic E-state index is 0.654. The van der Waals surface area contributed by atoms with E-state index in [0.29, 0.717) is 16.5 Å². The van der Waals surface area contributed by atoms with Crippen LogP contribution < -0.4 is 20.1 Å². The van der Waals surface area contributed by atoms with Gasteiger partial charge in [-0.2, -0.15) is 0 Å². The lowest BCUT2D eigenvalue weighted by Crippen LogP contribution is -2.19. The Labute approximate surface area is 114 Å². The van der Waals surface area contributed by atoms with Gasteiger partial charge >= 0.3 is 0 Å². The van der Waals surface area contributed by atoms with E-state index in [1.54, 1.807) is 20.3 Å². The molecule has 2 N–H and O–H groups in total. The van der Waals surface area contributed by atoms with Crippen molar-refractivity contribution < 1.29 is 9.47 Å². The number of benzene rings is 1. The van der Waals surface area contributed by atoms with Gasteiger partial charge in [0, 0.05) is 17.6 Å². The highest BCUT2D eigenvalue weighted by molar-refractivity contribution is 6.31. The highest BCUT2D eigenvalue weighted by atomic mass is 35.5. The van der Waals surface area contributed by atoms with Gasteiger partial charge in [0.1, 0.15) is 0 Å². The predicted molar refractivity (Wildman–Crippen MR) is 74.8 cm³/mol. The lowest BCUT2D eigenvalue weighted by molar-refractivity contribution is 0.354. The molecule has 0 fully saturated rings. The number of rotatable bonds is 8. The second-order valence-corrected chi connectivity index (χ2v) is 4.34. The Hall–Kier alpha value is -0.970. The van der Waals surface area contributed by atoms with Gasteiger partial charge in [0.25, 0.3) is 0 Å². The van der Waals surface area contributed by atoms with E-state index in [0.717, 1.165) is 31.6 Å². The minimum Gasteiger partial charge on any atom is -0.493 e. The maximum Gasteiger partial charge on any atom is 0.162 e. The molecule has 0 bridgehead atoms. The van der Waals surface area contributed by atoms with Gasteiger partial charge in [0.15, 0.2) is 11.5 Å². The summed E-state index contributed by atoms with van der Waals surface area (Å²) in [4.78, 5) is 0. The number of hydrogen-bond donors (Lipinski definition) is 2. The van der Waals surface area contributed by atoms with Crippen LogP contribution >= 0.6 is 11.6 Å². The highest BCUT2D eigenvalue weighted by Crippen LogP contribution is 2.32. The average molecular weight is 273 g/mol. The molecule has 0 aliphatic carbocycles. The fraction of sp³-hybridized carbons (Fsp3) is 0.538. The van der Waals surface area contributed by atoms with Crippen molar-refractivity contribution in [1.29, 1.82) is 0 Å². The van der Waals surface area contributed by atoms with Crippen molar-refractivity contribution in [1.82, 2.24) is 10.6 Å². The van der Waals surface area contributed by atoms with Crippen molar-refractivity contribution in [3.05, 3.63) is 22.7 Å². The quantitative estimate of drug-likeness (QED) is 0.711. The highest BCUT2D eigenvalue weighted by Gasteiger charge is 2.09. The van der Waals surface area contributed by atoms with Gasteiger partial charge in [-0.15, -0.1) is 0 Å². The molecule has 0 aliphatic heterocycles. The second-order valence-electron chi connectivity index (χ2n) is 3.93. The molecule has 0 spiro atoms. The molecule has 0 radical (unpaired) electrons. The van der Waals surface area contributed by atoms with Crippen LogP contribution in [0.5, 0.6) is 11.5 Å². The third-order valence-corrected chi connectivity index (χ3v) is 3.00. The standard InChI is InChI=1S/C13H21ClN2O2/c1-15-5-4-6-16-9-10-7-12(17-2)13(18-3)8-11(10)14/h7-8,15-16H,4-6,9H2,1-3H3. The lowest BCUT2D eigenvalue weighted by atomic mass is 10.2. The van der Waals surface area contributed by atoms with E-state index >= 15 is 0 Å². The molecule has 0 aliphatic rings. The van der Waals surface area contributed by atoms with E-state index in [1.165, 1.54) is 0 Å². The van der Waals surface area contributed by atoms with E-state index in [2.05, 4.69) is 10.6 Å². The van der Waals surface area contributed by atoms with Gasteiger partial charge in [0.05, 0.1) is 14.2 Å². The zero-order chi connectivity index (χ0) is 13.4. The zero-order valence-electron chi connectivity index (χ0n) is 11.2. The lowest BCUT2D eigenvalue weighted by Gasteiger charge is -2.12. The third-order valence-electron chi connectivity index (χ3n) is 2.65. The van der Waals surface area contributed by atoms with Crippen LogP contribution in [-0.2, 0) is 6.54 Å². The van der Waals surface area contributed by atoms with Crippen molar-refractivity contribution in [2.45, 2.75) is 13.0 Å². The Morgan fingerprint density at radius 3 is 2.39 bits per heavy atom. The first kappa shape index (κ1) is 15.1. The Morgan fingerprint density at radius 2 is 1.78 bits per heavy atom. The normalized spacial score (nSPS) is 10.4. The summed E-state index contributed by atoms with van der Waals surface area (Å²) in [6.07, 6.45) is 1.08. The Morgan fingerprint density at radius 1 is 1.11 bits per heavy atom. The molecule has 4 nitrogen and oxygen atoms in total. The summed E-state index contributed by atoms with van der Waals surface area (Å²) in [6, 6.07) is 3.69. The van der Waals surface area contributed by atoms with Crippen LogP contribution in [0.1, 0.15) is 12.0 Å². The van der Waals surface area contributed by atoms with Gasteiger partial charge < -0.3 is 20.1 Å². The van der Waals surface area contributed by atoms with Crippen LogP contribution in [-0.4, -0.2) is 34.4 Å². The molecule has 0 saturated carbocycles. The smallest absolute Gasteiger partial charge is 0.162 e. The Balaban J connectivity index is 2.59. The van der Waals surface area contributed by atoms with Crippen molar-refractivity contribution >= 4 is 11.6 Å². The zero-order valence-corrected chi connectivity index (χ0v) is 11.9. The Kier molecular flexibility index (Phi) is 6.86. The summed E-state index contributed by atoms with van der Waals surface area (Å²) in [5.74, 6) is 1.36. The molecular formula is C13H21ClN2O2. The summed E-state index contributed by atoms with van der Waals surface area (Å²) in [5, 5.41) is 7.14. The Bertz CT molecular complexity index is 372. The molecule has 0 atom stereocenters. The average Bonchev–Trinajstić information content (AvgIpc) is 2.39. The molecule has 1 rings (SSSR count). The van der Waals surface area contributed by atoms with Crippen molar-refractivity contribution in [3.8, 4) is 11.5 Å². The number of ether oxygens (including phenoxy) is 2. The fourth-order valence-electron chi connectivity index (χ4n) is 1.64. The number of halogens is 1. The van der Waals surface area contributed by atoms with Crippen LogP contribution in [0.15, 0.2) is 12.1 Å². The van der Waals surface area contributed by atoms with Crippen LogP contribution in [0.25, 0.3) is 0 Å². The first-order valence-corrected chi connectivity index (χ1v) is 6.36. The fourth-order valence-corrected chi connectivity index (χ4v) is 1.87. The van der Waals surface area contributed by atoms with Crippen LogP contribution in [0, 0.1) is 0 Å². The second kappa shape index (κ2) is 8.19. The van der Waals surface area contributed by atoms with Crippen molar-refractivity contribution in [2.75, 3.05) is 34.4 Å². The first-order chi connectivity index (χ1) is 8.72. The number of methoxy groups -OCH3 is 2. The molecule has 1 aromatic rings. The van der Waals surface area contributed by atoms with Crippen LogP contribution in [0.3, 0.4) is 0 Å². The summed E-state index contributed by atoms with van der Waals surface area (Å²) in [6.45, 7) is 2.68. The first-order valence-electron chi connectivity index (χ1n) is 5.98. The predicted octanol–water partition coefficient (Wildman–Crippen LogP) is 2.06. The third kappa shape index (κ3) is 4.37. The molecule has 18 heavy (non-hydrogen) atoms. The molecule has 0 aromatic heterocycles. The van der Waals surface area contributed by atoms with Gasteiger partial charge in [-0.1, -0.05) is 11.6 Å². The van der Waals surface area contributed by atoms with Crippen LogP contribution in [0.4, 0.5) is 0 Å². The number of hydrogen-bond acceptors (Lipinski definition) is 4. The van der Waals surface area contributed by atoms with Gasteiger partial charge in [0.2, 0.25) is 0 Å². The van der Waals surface area contributed by atoms with Crippen molar-refractivity contribution in [2.24, 2.45) is 0 Å². The van der Waals surface area contributed by atoms with Crippen LogP contribution in [0.2, 0.25) is 5.02 Å². The largest absolute Gasteiger partial charge is 0.493 e. The molecule has 102 valence electrons. The summed E-state index contributed by atoms with van der Waals surface area (Å²) in [5.41, 5.74) is 1.01. The SMILES string of the molecule is CNCCCNCc1cc(OC)c(OC)cc1Cl. The van der Waals surface area contributed by atoms with E-state index < -0.39 is 0 Å². The number of nitrogens with one attached hydrogen (secondary N) is 2. The molecule has 1 aromatic carbocycles. The molecule has 5 heteroatoms. The molecular weight excluding hydrogens is 252 g/mol. The summed E-state index contributed by atoms with van der Waals surface area (Å²) in [7, 11) is 5.17.